The Balaban J connectivity index is 2.13. The van der Waals surface area contributed by atoms with Gasteiger partial charge in [-0.25, -0.2) is 9.97 Å². The topological polar surface area (TPSA) is 37.8 Å². The van der Waals surface area contributed by atoms with Crippen molar-refractivity contribution in [3.05, 3.63) is 28.7 Å². The molecule has 2 aromatic rings. The highest BCUT2D eigenvalue weighted by molar-refractivity contribution is 7.09. The van der Waals surface area contributed by atoms with Crippen LogP contribution in [0, 0.1) is 6.92 Å². The Kier molecular flexibility index (Phi) is 3.74. The Labute approximate surface area is 106 Å². The van der Waals surface area contributed by atoms with Crippen LogP contribution in [-0.2, 0) is 0 Å². The van der Waals surface area contributed by atoms with Crippen molar-refractivity contribution in [1.82, 2.24) is 9.97 Å². The zero-order chi connectivity index (χ0) is 12.3. The van der Waals surface area contributed by atoms with E-state index in [0.717, 1.165) is 28.5 Å². The van der Waals surface area contributed by atoms with Crippen molar-refractivity contribution in [2.24, 2.45) is 0 Å². The molecule has 1 atom stereocenters. The lowest BCUT2D eigenvalue weighted by Gasteiger charge is -2.11. The number of hydrogen-bond donors (Lipinski definition) is 1. The summed E-state index contributed by atoms with van der Waals surface area (Å²) in [6.07, 6.45) is 2.97. The Morgan fingerprint density at radius 2 is 2.24 bits per heavy atom. The van der Waals surface area contributed by atoms with Gasteiger partial charge in [0, 0.05) is 23.2 Å². The summed E-state index contributed by atoms with van der Waals surface area (Å²) in [5.41, 5.74) is 2.08. The minimum atomic E-state index is 0.454. The molecule has 0 bridgehead atoms. The highest BCUT2D eigenvalue weighted by atomic mass is 32.1. The molecule has 0 saturated heterocycles. The van der Waals surface area contributed by atoms with Gasteiger partial charge in [0.25, 0.3) is 0 Å². The molecule has 0 unspecified atom stereocenters. The molecule has 0 spiro atoms. The van der Waals surface area contributed by atoms with E-state index in [-0.39, 0.29) is 0 Å². The zero-order valence-electron chi connectivity index (χ0n) is 10.4. The molecular formula is C13H17N3S. The maximum absolute atomic E-state index is 4.45. The number of rotatable bonds is 4. The molecule has 0 fully saturated rings. The molecule has 2 heterocycles. The Morgan fingerprint density at radius 1 is 1.41 bits per heavy atom. The normalized spacial score (nSPS) is 12.4. The highest BCUT2D eigenvalue weighted by Gasteiger charge is 2.04. The van der Waals surface area contributed by atoms with E-state index < -0.39 is 0 Å². The molecule has 2 rings (SSSR count). The molecule has 1 N–H and O–H groups in total. The molecule has 0 amide bonds. The summed E-state index contributed by atoms with van der Waals surface area (Å²) in [5, 5.41) is 6.50. The van der Waals surface area contributed by atoms with Gasteiger partial charge in [0.2, 0.25) is 0 Å². The van der Waals surface area contributed by atoms with E-state index in [1.54, 1.807) is 11.3 Å². The number of nitrogens with one attached hydrogen (secondary N) is 1. The third-order valence-corrected chi connectivity index (χ3v) is 3.46. The van der Waals surface area contributed by atoms with Crippen LogP contribution >= 0.6 is 11.3 Å². The summed E-state index contributed by atoms with van der Waals surface area (Å²) < 4.78 is 0. The zero-order valence-corrected chi connectivity index (χ0v) is 11.2. The van der Waals surface area contributed by atoms with E-state index in [1.807, 2.05) is 19.2 Å². The van der Waals surface area contributed by atoms with Crippen LogP contribution in [0.4, 0.5) is 5.82 Å². The maximum Gasteiger partial charge on any atom is 0.126 e. The monoisotopic (exact) mass is 247 g/mol. The second kappa shape index (κ2) is 5.27. The van der Waals surface area contributed by atoms with Crippen LogP contribution in [0.3, 0.4) is 0 Å². The van der Waals surface area contributed by atoms with Gasteiger partial charge in [-0.1, -0.05) is 6.92 Å². The molecule has 90 valence electrons. The fourth-order valence-corrected chi connectivity index (χ4v) is 2.10. The van der Waals surface area contributed by atoms with Gasteiger partial charge in [-0.2, -0.15) is 0 Å². The van der Waals surface area contributed by atoms with E-state index in [4.69, 9.17) is 0 Å². The lowest BCUT2D eigenvalue weighted by Crippen LogP contribution is -2.14. The average Bonchev–Trinajstić information content (AvgIpc) is 2.77. The SMILES string of the molecule is CC[C@H](C)Nc1ccc(-c2csc(C)n2)cn1. The van der Waals surface area contributed by atoms with Crippen LogP contribution in [-0.4, -0.2) is 16.0 Å². The molecule has 4 heteroatoms. The molecule has 17 heavy (non-hydrogen) atoms. The summed E-state index contributed by atoms with van der Waals surface area (Å²) in [5.74, 6) is 0.926. The minimum Gasteiger partial charge on any atom is -0.368 e. The van der Waals surface area contributed by atoms with E-state index >= 15 is 0 Å². The Hall–Kier alpha value is -1.42. The number of nitrogens with zero attached hydrogens (tertiary/aromatic N) is 2. The van der Waals surface area contributed by atoms with Crippen LogP contribution in [0.1, 0.15) is 25.3 Å². The van der Waals surface area contributed by atoms with Gasteiger partial charge in [-0.3, -0.25) is 0 Å². The number of aryl methyl sites for hydroxylation is 1. The number of thiazole rings is 1. The molecule has 0 aliphatic carbocycles. The van der Waals surface area contributed by atoms with Gasteiger partial charge in [0.05, 0.1) is 10.7 Å². The number of pyridine rings is 1. The predicted octanol–water partition coefficient (Wildman–Crippen LogP) is 3.72. The van der Waals surface area contributed by atoms with E-state index in [1.165, 1.54) is 0 Å². The van der Waals surface area contributed by atoms with Crippen LogP contribution in [0.2, 0.25) is 0 Å². The summed E-state index contributed by atoms with van der Waals surface area (Å²) >= 11 is 1.66. The third-order valence-electron chi connectivity index (χ3n) is 2.68. The van der Waals surface area contributed by atoms with E-state index in [0.29, 0.717) is 6.04 Å². The predicted molar refractivity (Wildman–Crippen MR) is 73.5 cm³/mol. The molecule has 0 radical (unpaired) electrons. The standard InChI is InChI=1S/C13H17N3S/c1-4-9(2)15-13-6-5-11(7-14-13)12-8-17-10(3)16-12/h5-9H,4H2,1-3H3,(H,14,15)/t9-/m0/s1. The van der Waals surface area contributed by atoms with Crippen molar-refractivity contribution in [2.75, 3.05) is 5.32 Å². The van der Waals surface area contributed by atoms with Gasteiger partial charge in [-0.15, -0.1) is 11.3 Å². The van der Waals surface area contributed by atoms with Crippen molar-refractivity contribution in [3.8, 4) is 11.3 Å². The lowest BCUT2D eigenvalue weighted by atomic mass is 10.2. The summed E-state index contributed by atoms with van der Waals surface area (Å²) in [6.45, 7) is 6.32. The highest BCUT2D eigenvalue weighted by Crippen LogP contribution is 2.21. The molecule has 2 aromatic heterocycles. The van der Waals surface area contributed by atoms with Crippen LogP contribution in [0.15, 0.2) is 23.7 Å². The van der Waals surface area contributed by atoms with Crippen molar-refractivity contribution in [2.45, 2.75) is 33.2 Å². The Bertz CT molecular complexity index is 476. The first-order valence-corrected chi connectivity index (χ1v) is 6.72. The molecule has 0 aliphatic heterocycles. The molecular weight excluding hydrogens is 230 g/mol. The fourth-order valence-electron chi connectivity index (χ4n) is 1.48. The second-order valence-corrected chi connectivity index (χ2v) is 5.20. The van der Waals surface area contributed by atoms with Gasteiger partial charge in [0.15, 0.2) is 0 Å². The quantitative estimate of drug-likeness (QED) is 0.894. The van der Waals surface area contributed by atoms with Gasteiger partial charge < -0.3 is 5.32 Å². The van der Waals surface area contributed by atoms with E-state index in [9.17, 15) is 0 Å². The number of hydrogen-bond acceptors (Lipinski definition) is 4. The molecule has 0 aliphatic rings. The van der Waals surface area contributed by atoms with Gasteiger partial charge >= 0.3 is 0 Å². The first kappa shape index (κ1) is 12.0. The van der Waals surface area contributed by atoms with Crippen molar-refractivity contribution in [3.63, 3.8) is 0 Å². The van der Waals surface area contributed by atoms with Crippen molar-refractivity contribution < 1.29 is 0 Å². The van der Waals surface area contributed by atoms with Crippen molar-refractivity contribution >= 4 is 17.2 Å². The minimum absolute atomic E-state index is 0.454. The summed E-state index contributed by atoms with van der Waals surface area (Å²) in [7, 11) is 0. The lowest BCUT2D eigenvalue weighted by molar-refractivity contribution is 0.759. The number of aromatic nitrogens is 2. The Morgan fingerprint density at radius 3 is 2.76 bits per heavy atom. The van der Waals surface area contributed by atoms with Crippen LogP contribution in [0.25, 0.3) is 11.3 Å². The summed E-state index contributed by atoms with van der Waals surface area (Å²) in [6, 6.07) is 4.53. The second-order valence-electron chi connectivity index (χ2n) is 4.14. The average molecular weight is 247 g/mol. The number of anilines is 1. The van der Waals surface area contributed by atoms with Gasteiger partial charge in [0.1, 0.15) is 5.82 Å². The largest absolute Gasteiger partial charge is 0.368 e. The smallest absolute Gasteiger partial charge is 0.126 e. The first-order chi connectivity index (χ1) is 8.19. The molecule has 3 nitrogen and oxygen atoms in total. The molecule has 0 saturated carbocycles. The van der Waals surface area contributed by atoms with E-state index in [2.05, 4.69) is 40.6 Å². The summed E-state index contributed by atoms with van der Waals surface area (Å²) in [4.78, 5) is 8.85. The molecule has 0 aromatic carbocycles. The van der Waals surface area contributed by atoms with Gasteiger partial charge in [-0.05, 0) is 32.4 Å². The third kappa shape index (κ3) is 3.03. The van der Waals surface area contributed by atoms with Crippen LogP contribution < -0.4 is 5.32 Å². The van der Waals surface area contributed by atoms with Crippen molar-refractivity contribution in [1.29, 1.82) is 0 Å². The first-order valence-electron chi connectivity index (χ1n) is 5.84. The van der Waals surface area contributed by atoms with Crippen LogP contribution in [0.5, 0.6) is 0 Å². The fraction of sp³-hybridized carbons (Fsp3) is 0.385. The maximum atomic E-state index is 4.45.